The molecule has 0 spiro atoms. The molecule has 0 saturated carbocycles. The second-order valence-corrected chi connectivity index (χ2v) is 7.16. The first kappa shape index (κ1) is 16.4. The molecule has 7 heteroatoms. The van der Waals surface area contributed by atoms with Crippen molar-refractivity contribution in [2.45, 2.75) is 18.9 Å². The Kier molecular flexibility index (Phi) is 5.27. The van der Waals surface area contributed by atoms with Crippen molar-refractivity contribution in [1.82, 2.24) is 14.9 Å². The Morgan fingerprint density at radius 2 is 1.83 bits per heavy atom. The highest BCUT2D eigenvalue weighted by Crippen LogP contribution is 2.19. The number of carbonyl (C=O) groups excluding carboxylic acids is 1. The summed E-state index contributed by atoms with van der Waals surface area (Å²) < 4.78 is 7.57. The van der Waals surface area contributed by atoms with E-state index in [1.807, 2.05) is 29.2 Å². The molecule has 0 N–H and O–H groups in total. The van der Waals surface area contributed by atoms with Crippen molar-refractivity contribution in [2.24, 2.45) is 0 Å². The molecule has 0 bridgehead atoms. The van der Waals surface area contributed by atoms with Gasteiger partial charge in [-0.05, 0) is 53.0 Å². The van der Waals surface area contributed by atoms with Gasteiger partial charge in [0, 0.05) is 29.0 Å². The Morgan fingerprint density at radius 1 is 1.13 bits per heavy atom. The van der Waals surface area contributed by atoms with Crippen LogP contribution in [0.4, 0.5) is 0 Å². The van der Waals surface area contributed by atoms with E-state index in [0.29, 0.717) is 18.1 Å². The minimum atomic E-state index is -0.0793. The Morgan fingerprint density at radius 3 is 2.52 bits per heavy atom. The SMILES string of the molecule is O=C(c1ccc(Br)cc1)N1CCCC(Oc2ncc(Br)cn2)C1. The second-order valence-electron chi connectivity index (χ2n) is 5.32. The maximum atomic E-state index is 12.6. The van der Waals surface area contributed by atoms with E-state index in [9.17, 15) is 4.79 Å². The quantitative estimate of drug-likeness (QED) is 0.730. The summed E-state index contributed by atoms with van der Waals surface area (Å²) in [5.74, 6) is 0.0301. The van der Waals surface area contributed by atoms with E-state index >= 15 is 0 Å². The maximum Gasteiger partial charge on any atom is 0.316 e. The van der Waals surface area contributed by atoms with Crippen LogP contribution in [0.2, 0.25) is 0 Å². The first-order valence-electron chi connectivity index (χ1n) is 7.31. The van der Waals surface area contributed by atoms with Crippen LogP contribution in [0.5, 0.6) is 6.01 Å². The van der Waals surface area contributed by atoms with Gasteiger partial charge in [0.1, 0.15) is 6.10 Å². The molecular formula is C16H15Br2N3O2. The summed E-state index contributed by atoms with van der Waals surface area (Å²) >= 11 is 6.67. The van der Waals surface area contributed by atoms with Gasteiger partial charge in [0.05, 0.1) is 11.0 Å². The highest BCUT2D eigenvalue weighted by Gasteiger charge is 2.26. The fourth-order valence-electron chi connectivity index (χ4n) is 2.50. The van der Waals surface area contributed by atoms with E-state index in [0.717, 1.165) is 28.3 Å². The van der Waals surface area contributed by atoms with Crippen molar-refractivity contribution < 1.29 is 9.53 Å². The van der Waals surface area contributed by atoms with Gasteiger partial charge in [0.2, 0.25) is 0 Å². The number of halogens is 2. The van der Waals surface area contributed by atoms with Crippen LogP contribution in [-0.2, 0) is 0 Å². The van der Waals surface area contributed by atoms with Crippen molar-refractivity contribution >= 4 is 37.8 Å². The van der Waals surface area contributed by atoms with Crippen molar-refractivity contribution in [3.8, 4) is 6.01 Å². The third-order valence-electron chi connectivity index (χ3n) is 3.63. The van der Waals surface area contributed by atoms with Crippen LogP contribution in [0.1, 0.15) is 23.2 Å². The molecule has 1 saturated heterocycles. The molecule has 120 valence electrons. The lowest BCUT2D eigenvalue weighted by atomic mass is 10.1. The third-order valence-corrected chi connectivity index (χ3v) is 4.56. The van der Waals surface area contributed by atoms with Crippen LogP contribution in [0.3, 0.4) is 0 Å². The fraction of sp³-hybridized carbons (Fsp3) is 0.312. The van der Waals surface area contributed by atoms with Gasteiger partial charge in [-0.2, -0.15) is 0 Å². The summed E-state index contributed by atoms with van der Waals surface area (Å²) in [6.07, 6.45) is 5.02. The molecule has 1 atom stereocenters. The molecule has 1 aromatic carbocycles. The first-order valence-corrected chi connectivity index (χ1v) is 8.89. The van der Waals surface area contributed by atoms with E-state index in [1.54, 1.807) is 12.4 Å². The van der Waals surface area contributed by atoms with E-state index < -0.39 is 0 Å². The summed E-state index contributed by atoms with van der Waals surface area (Å²) in [6, 6.07) is 7.75. The topological polar surface area (TPSA) is 55.3 Å². The molecular weight excluding hydrogens is 426 g/mol. The molecule has 23 heavy (non-hydrogen) atoms. The number of benzene rings is 1. The molecule has 2 aromatic rings. The summed E-state index contributed by atoms with van der Waals surface area (Å²) in [4.78, 5) is 22.6. The van der Waals surface area contributed by atoms with Crippen LogP contribution in [0, 0.1) is 0 Å². The number of carbonyl (C=O) groups is 1. The van der Waals surface area contributed by atoms with Crippen molar-refractivity contribution in [2.75, 3.05) is 13.1 Å². The molecule has 1 fully saturated rings. The van der Waals surface area contributed by atoms with Crippen LogP contribution in [0.25, 0.3) is 0 Å². The zero-order valence-electron chi connectivity index (χ0n) is 12.3. The second kappa shape index (κ2) is 7.40. The molecule has 1 aliphatic rings. The number of rotatable bonds is 3. The van der Waals surface area contributed by atoms with Crippen molar-refractivity contribution in [3.05, 3.63) is 51.2 Å². The average molecular weight is 441 g/mol. The molecule has 2 heterocycles. The van der Waals surface area contributed by atoms with Gasteiger partial charge >= 0.3 is 6.01 Å². The molecule has 0 aliphatic carbocycles. The molecule has 3 rings (SSSR count). The molecule has 0 radical (unpaired) electrons. The summed E-state index contributed by atoms with van der Waals surface area (Å²) in [7, 11) is 0. The van der Waals surface area contributed by atoms with Gasteiger partial charge in [-0.25, -0.2) is 9.97 Å². The number of amides is 1. The van der Waals surface area contributed by atoms with Crippen LogP contribution < -0.4 is 4.74 Å². The number of ether oxygens (including phenoxy) is 1. The van der Waals surface area contributed by atoms with Crippen molar-refractivity contribution in [3.63, 3.8) is 0 Å². The number of aromatic nitrogens is 2. The first-order chi connectivity index (χ1) is 11.1. The van der Waals surface area contributed by atoms with Crippen LogP contribution >= 0.6 is 31.9 Å². The van der Waals surface area contributed by atoms with Crippen LogP contribution in [-0.4, -0.2) is 40.0 Å². The molecule has 5 nitrogen and oxygen atoms in total. The van der Waals surface area contributed by atoms with E-state index in [2.05, 4.69) is 41.8 Å². The number of nitrogens with zero attached hydrogens (tertiary/aromatic N) is 3. The predicted molar refractivity (Wildman–Crippen MR) is 93.4 cm³/mol. The largest absolute Gasteiger partial charge is 0.458 e. The van der Waals surface area contributed by atoms with Crippen LogP contribution in [0.15, 0.2) is 45.6 Å². The standard InChI is InChI=1S/C16H15Br2N3O2/c17-12-5-3-11(4-6-12)15(22)21-7-1-2-14(10-21)23-16-19-8-13(18)9-20-16/h3-6,8-9,14H,1-2,7,10H2. The highest BCUT2D eigenvalue weighted by atomic mass is 79.9. The Balaban J connectivity index is 1.64. The molecule has 1 aliphatic heterocycles. The lowest BCUT2D eigenvalue weighted by Gasteiger charge is -2.32. The Bertz CT molecular complexity index is 677. The minimum Gasteiger partial charge on any atom is -0.458 e. The van der Waals surface area contributed by atoms with Crippen molar-refractivity contribution in [1.29, 1.82) is 0 Å². The highest BCUT2D eigenvalue weighted by molar-refractivity contribution is 9.10. The monoisotopic (exact) mass is 439 g/mol. The maximum absolute atomic E-state index is 12.6. The van der Waals surface area contributed by atoms with Gasteiger partial charge in [0.25, 0.3) is 5.91 Å². The zero-order chi connectivity index (χ0) is 16.2. The molecule has 1 unspecified atom stereocenters. The lowest BCUT2D eigenvalue weighted by Crippen LogP contribution is -2.44. The number of piperidine rings is 1. The number of likely N-dealkylation sites (tertiary alicyclic amines) is 1. The predicted octanol–water partition coefficient (Wildman–Crippen LogP) is 3.69. The smallest absolute Gasteiger partial charge is 0.316 e. The molecule has 1 aromatic heterocycles. The van der Waals surface area contributed by atoms with Gasteiger partial charge in [-0.1, -0.05) is 15.9 Å². The van der Waals surface area contributed by atoms with Gasteiger partial charge < -0.3 is 9.64 Å². The van der Waals surface area contributed by atoms with E-state index in [4.69, 9.17) is 4.74 Å². The summed E-state index contributed by atoms with van der Waals surface area (Å²) in [5.41, 5.74) is 0.689. The number of hydrogen-bond donors (Lipinski definition) is 0. The lowest BCUT2D eigenvalue weighted by molar-refractivity contribution is 0.0515. The van der Waals surface area contributed by atoms with Gasteiger partial charge in [-0.15, -0.1) is 0 Å². The Hall–Kier alpha value is -1.47. The van der Waals surface area contributed by atoms with Gasteiger partial charge in [-0.3, -0.25) is 4.79 Å². The van der Waals surface area contributed by atoms with Gasteiger partial charge in [0.15, 0.2) is 0 Å². The van der Waals surface area contributed by atoms with E-state index in [-0.39, 0.29) is 12.0 Å². The zero-order valence-corrected chi connectivity index (χ0v) is 15.5. The fourth-order valence-corrected chi connectivity index (χ4v) is 2.97. The minimum absolute atomic E-state index is 0.0301. The molecule has 1 amide bonds. The summed E-state index contributed by atoms with van der Waals surface area (Å²) in [6.45, 7) is 1.30. The third kappa shape index (κ3) is 4.29. The normalized spacial score (nSPS) is 17.8. The number of hydrogen-bond acceptors (Lipinski definition) is 4. The average Bonchev–Trinajstić information content (AvgIpc) is 2.57. The Labute approximate surface area is 151 Å². The summed E-state index contributed by atoms with van der Waals surface area (Å²) in [5, 5.41) is 0. The van der Waals surface area contributed by atoms with E-state index in [1.165, 1.54) is 0 Å².